The normalized spacial score (nSPS) is 12.5. The molecule has 0 amide bonds. The fourth-order valence-corrected chi connectivity index (χ4v) is 10.0. The van der Waals surface area contributed by atoms with Crippen LogP contribution in [-0.2, 0) is 0 Å². The van der Waals surface area contributed by atoms with Crippen molar-refractivity contribution in [1.29, 1.82) is 0 Å². The van der Waals surface area contributed by atoms with Gasteiger partial charge in [0.2, 0.25) is 0 Å². The molecule has 0 aliphatic carbocycles. The van der Waals surface area contributed by atoms with E-state index in [1.165, 1.54) is 77.9 Å². The molecular formula is C35H21N3S3. The number of aromatic nitrogens is 1. The van der Waals surface area contributed by atoms with Crippen LogP contribution in [0.25, 0.3) is 77.9 Å². The van der Waals surface area contributed by atoms with Crippen LogP contribution in [0, 0.1) is 0 Å². The zero-order valence-corrected chi connectivity index (χ0v) is 24.5. The van der Waals surface area contributed by atoms with Crippen LogP contribution in [-0.4, -0.2) is 24.5 Å². The molecule has 4 heterocycles. The molecule has 0 atom stereocenters. The predicted molar refractivity (Wildman–Crippen MR) is 185 cm³/mol. The van der Waals surface area contributed by atoms with E-state index in [1.807, 2.05) is 35.9 Å². The molecule has 9 rings (SSSR count). The highest BCUT2D eigenvalue weighted by Gasteiger charge is 2.25. The molecule has 0 fully saturated rings. The number of nitrogens with zero attached hydrogens (tertiary/aromatic N) is 3. The summed E-state index contributed by atoms with van der Waals surface area (Å²) in [5, 5.41) is 9.85. The van der Waals surface area contributed by atoms with Crippen LogP contribution < -0.4 is 0 Å². The first-order chi connectivity index (χ1) is 20.3. The third-order valence-electron chi connectivity index (χ3n) is 8.11. The second-order valence-electron chi connectivity index (χ2n) is 10.2. The number of benzene rings is 5. The third-order valence-corrected chi connectivity index (χ3v) is 11.6. The molecule has 41 heavy (non-hydrogen) atoms. The van der Waals surface area contributed by atoms with E-state index in [0.29, 0.717) is 0 Å². The van der Waals surface area contributed by atoms with E-state index in [0.717, 1.165) is 10.6 Å². The Kier molecular flexibility index (Phi) is 4.88. The smallest absolute Gasteiger partial charge is 0.125 e. The van der Waals surface area contributed by atoms with E-state index in [2.05, 4.69) is 112 Å². The maximum Gasteiger partial charge on any atom is 0.125 e. The molecule has 0 spiro atoms. The summed E-state index contributed by atoms with van der Waals surface area (Å²) in [5.74, 6) is 0. The molecule has 194 valence electrons. The Balaban J connectivity index is 1.57. The molecule has 9 aromatic rings. The SMILES string of the molecule is C=Nc1sc2c(c1/C=N\C)c1sc3ccccc3c1c1c2c2ccccc2n1-c1ccc2sc3ccccc3c2c1. The number of thiophene rings is 3. The molecule has 0 aliphatic rings. The van der Waals surface area contributed by atoms with E-state index < -0.39 is 0 Å². The van der Waals surface area contributed by atoms with Gasteiger partial charge >= 0.3 is 0 Å². The molecular weight excluding hydrogens is 559 g/mol. The van der Waals surface area contributed by atoms with E-state index >= 15 is 0 Å². The van der Waals surface area contributed by atoms with Gasteiger partial charge in [-0.05, 0) is 43.1 Å². The first-order valence-electron chi connectivity index (χ1n) is 13.4. The Morgan fingerprint density at radius 1 is 0.659 bits per heavy atom. The van der Waals surface area contributed by atoms with Crippen molar-refractivity contribution in [2.24, 2.45) is 9.98 Å². The average Bonchev–Trinajstić information content (AvgIpc) is 3.75. The zero-order valence-electron chi connectivity index (χ0n) is 22.0. The van der Waals surface area contributed by atoms with Gasteiger partial charge in [-0.15, -0.1) is 34.0 Å². The highest BCUT2D eigenvalue weighted by atomic mass is 32.1. The second-order valence-corrected chi connectivity index (χ2v) is 13.4. The van der Waals surface area contributed by atoms with Crippen LogP contribution in [0.15, 0.2) is 101 Å². The number of para-hydroxylation sites is 1. The van der Waals surface area contributed by atoms with Gasteiger partial charge in [-0.3, -0.25) is 9.98 Å². The summed E-state index contributed by atoms with van der Waals surface area (Å²) in [6.07, 6.45) is 1.95. The summed E-state index contributed by atoms with van der Waals surface area (Å²) in [6, 6.07) is 33.3. The Labute approximate surface area is 246 Å². The molecule has 5 aromatic carbocycles. The standard InChI is InChI=1S/C35H21N3S3/c1-36-18-24-31-33-30(22-11-5-8-14-27(22)40-33)32-29(34(31)41-35(24)37-2)21-10-3-6-12-25(21)38(32)19-15-16-28-23(17-19)20-9-4-7-13-26(20)39-28/h3-18H,2H2,1H3/b36-18-. The largest absolute Gasteiger partial charge is 0.308 e. The molecule has 0 saturated carbocycles. The van der Waals surface area contributed by atoms with Gasteiger partial charge in [-0.25, -0.2) is 0 Å². The van der Waals surface area contributed by atoms with Crippen LogP contribution in [0.5, 0.6) is 0 Å². The predicted octanol–water partition coefficient (Wildman–Crippen LogP) is 11.1. The van der Waals surface area contributed by atoms with Crippen molar-refractivity contribution >= 4 is 124 Å². The lowest BCUT2D eigenvalue weighted by Gasteiger charge is -2.10. The van der Waals surface area contributed by atoms with Crippen LogP contribution in [0.4, 0.5) is 5.00 Å². The fraction of sp³-hybridized carbons (Fsp3) is 0.0286. The highest BCUT2D eigenvalue weighted by Crippen LogP contribution is 2.52. The fourth-order valence-electron chi connectivity index (χ4n) is 6.48. The topological polar surface area (TPSA) is 29.6 Å². The number of rotatable bonds is 3. The molecule has 0 N–H and O–H groups in total. The molecule has 0 bridgehead atoms. The monoisotopic (exact) mass is 579 g/mol. The Hall–Kier alpha value is -4.36. The molecule has 6 heteroatoms. The van der Waals surface area contributed by atoms with Crippen LogP contribution in [0.1, 0.15) is 5.56 Å². The number of hydrogen-bond acceptors (Lipinski definition) is 5. The first kappa shape index (κ1) is 23.4. The molecule has 0 unspecified atom stereocenters. The van der Waals surface area contributed by atoms with Gasteiger partial charge in [0.05, 0.1) is 11.0 Å². The number of hydrogen-bond donors (Lipinski definition) is 0. The molecule has 0 radical (unpaired) electrons. The summed E-state index contributed by atoms with van der Waals surface area (Å²) in [4.78, 5) is 8.91. The summed E-state index contributed by atoms with van der Waals surface area (Å²) in [7, 11) is 1.83. The Morgan fingerprint density at radius 2 is 1.32 bits per heavy atom. The summed E-state index contributed by atoms with van der Waals surface area (Å²) in [6.45, 7) is 3.93. The lowest BCUT2D eigenvalue weighted by Crippen LogP contribution is -1.94. The van der Waals surface area contributed by atoms with Crippen LogP contribution in [0.2, 0.25) is 0 Å². The van der Waals surface area contributed by atoms with Crippen molar-refractivity contribution in [3.63, 3.8) is 0 Å². The van der Waals surface area contributed by atoms with Gasteiger partial charge in [0.1, 0.15) is 5.00 Å². The number of fused-ring (bicyclic) bond motifs is 13. The van der Waals surface area contributed by atoms with E-state index in [9.17, 15) is 0 Å². The minimum absolute atomic E-state index is 0.917. The zero-order chi connectivity index (χ0) is 27.2. The minimum Gasteiger partial charge on any atom is -0.308 e. The molecule has 4 aromatic heterocycles. The summed E-state index contributed by atoms with van der Waals surface area (Å²) in [5.41, 5.74) is 4.70. The van der Waals surface area contributed by atoms with Crippen molar-refractivity contribution in [2.45, 2.75) is 0 Å². The van der Waals surface area contributed by atoms with Crippen molar-refractivity contribution in [3.8, 4) is 5.69 Å². The van der Waals surface area contributed by atoms with Gasteiger partial charge in [0, 0.05) is 85.7 Å². The molecule has 0 aliphatic heterocycles. The third kappa shape index (κ3) is 3.07. The quantitative estimate of drug-likeness (QED) is 0.186. The maximum absolute atomic E-state index is 4.47. The van der Waals surface area contributed by atoms with Crippen molar-refractivity contribution < 1.29 is 0 Å². The lowest BCUT2D eigenvalue weighted by molar-refractivity contribution is 1.19. The summed E-state index contributed by atoms with van der Waals surface area (Å²) >= 11 is 5.44. The first-order valence-corrected chi connectivity index (χ1v) is 15.8. The van der Waals surface area contributed by atoms with E-state index in [4.69, 9.17) is 0 Å². The second kappa shape index (κ2) is 8.57. The van der Waals surface area contributed by atoms with Gasteiger partial charge < -0.3 is 4.57 Å². The van der Waals surface area contributed by atoms with E-state index in [-0.39, 0.29) is 0 Å². The molecule has 0 saturated heterocycles. The Bertz CT molecular complexity index is 2570. The average molecular weight is 580 g/mol. The van der Waals surface area contributed by atoms with Gasteiger partial charge in [-0.1, -0.05) is 54.6 Å². The lowest BCUT2D eigenvalue weighted by atomic mass is 10.0. The summed E-state index contributed by atoms with van der Waals surface area (Å²) < 4.78 is 8.93. The van der Waals surface area contributed by atoms with Crippen molar-refractivity contribution in [1.82, 2.24) is 4.57 Å². The maximum atomic E-state index is 4.47. The van der Waals surface area contributed by atoms with Gasteiger partial charge in [-0.2, -0.15) is 0 Å². The van der Waals surface area contributed by atoms with E-state index in [1.54, 1.807) is 11.3 Å². The minimum atomic E-state index is 0.917. The van der Waals surface area contributed by atoms with Crippen molar-refractivity contribution in [3.05, 3.63) is 96.6 Å². The van der Waals surface area contributed by atoms with Crippen LogP contribution >= 0.6 is 34.0 Å². The molecule has 3 nitrogen and oxygen atoms in total. The van der Waals surface area contributed by atoms with Crippen LogP contribution in [0.3, 0.4) is 0 Å². The Morgan fingerprint density at radius 3 is 2.12 bits per heavy atom. The highest BCUT2D eigenvalue weighted by molar-refractivity contribution is 7.29. The number of aliphatic imine (C=N–C) groups is 2. The van der Waals surface area contributed by atoms with Gasteiger partial charge in [0.15, 0.2) is 0 Å². The van der Waals surface area contributed by atoms with Crippen molar-refractivity contribution in [2.75, 3.05) is 7.05 Å². The van der Waals surface area contributed by atoms with Gasteiger partial charge in [0.25, 0.3) is 0 Å².